The number of ketones is 2. The smallest absolute Gasteiger partial charge is 0.119 e. The number of Topliss-reactive ketones (excluding diaryl/α,β-unsaturated/α-hetero) is 2. The van der Waals surface area contributed by atoms with Crippen LogP contribution in [0.15, 0.2) is 42.5 Å². The maximum atomic E-state index is 11.6. The Labute approximate surface area is 145 Å². The zero-order valence-corrected chi connectivity index (χ0v) is 16.0. The van der Waals surface area contributed by atoms with Crippen LogP contribution in [0.3, 0.4) is 0 Å². The fourth-order valence-electron chi connectivity index (χ4n) is 2.27. The van der Waals surface area contributed by atoms with E-state index in [0.29, 0.717) is 11.1 Å². The van der Waals surface area contributed by atoms with E-state index >= 15 is 0 Å². The molecule has 0 atom stereocenters. The fraction of sp³-hybridized carbons (Fsp3) is 0.333. The van der Waals surface area contributed by atoms with Crippen molar-refractivity contribution in [3.63, 3.8) is 0 Å². The normalized spacial score (nSPS) is 10.2. The molecule has 0 spiro atoms. The molecule has 2 aromatic carbocycles. The summed E-state index contributed by atoms with van der Waals surface area (Å²) in [5.74, 6) is -0.0181. The summed E-state index contributed by atoms with van der Waals surface area (Å²) in [6.07, 6.45) is 0. The van der Waals surface area contributed by atoms with Gasteiger partial charge in [0.1, 0.15) is 5.78 Å². The molecular formula is C18H24FeO2Si-6. The molecule has 0 aliphatic carbocycles. The molecule has 126 valence electrons. The third-order valence-corrected chi connectivity index (χ3v) is 4.49. The molecule has 2 nitrogen and oxygen atoms in total. The van der Waals surface area contributed by atoms with Crippen molar-refractivity contribution in [1.82, 2.24) is 0 Å². The number of hydrogen-bond donors (Lipinski definition) is 0. The quantitative estimate of drug-likeness (QED) is 0.455. The van der Waals surface area contributed by atoms with Gasteiger partial charge in [0.25, 0.3) is 0 Å². The monoisotopic (exact) mass is 356 g/mol. The van der Waals surface area contributed by atoms with Crippen molar-refractivity contribution < 1.29 is 26.7 Å². The van der Waals surface area contributed by atoms with Crippen molar-refractivity contribution in [1.29, 1.82) is 0 Å². The molecule has 2 aromatic rings. The van der Waals surface area contributed by atoms with Crippen LogP contribution in [0, 0.1) is 0 Å². The maximum absolute atomic E-state index is 11.6. The van der Waals surface area contributed by atoms with Crippen molar-refractivity contribution in [2.75, 3.05) is 0 Å². The van der Waals surface area contributed by atoms with Crippen LogP contribution in [0.4, 0.5) is 0 Å². The summed E-state index contributed by atoms with van der Waals surface area (Å²) in [7, 11) is -1.26. The van der Waals surface area contributed by atoms with Crippen molar-refractivity contribution in [3.05, 3.63) is 59.2 Å². The molecule has 0 saturated heterocycles. The van der Waals surface area contributed by atoms with E-state index in [0.717, 1.165) is 11.6 Å². The van der Waals surface area contributed by atoms with Crippen LogP contribution in [-0.4, -0.2) is 19.6 Å². The summed E-state index contributed by atoms with van der Waals surface area (Å²) >= 11 is 0. The van der Waals surface area contributed by atoms with Gasteiger partial charge in [0.2, 0.25) is 0 Å². The Bertz CT molecular complexity index is 572. The van der Waals surface area contributed by atoms with Crippen LogP contribution in [0.2, 0.25) is 19.6 Å². The largest absolute Gasteiger partial charge is 0.748 e. The van der Waals surface area contributed by atoms with Gasteiger partial charge in [-0.1, -0.05) is 31.2 Å². The molecule has 0 aliphatic rings. The summed E-state index contributed by atoms with van der Waals surface area (Å²) in [5.41, 5.74) is 2.28. The third kappa shape index (κ3) is 6.69. The van der Waals surface area contributed by atoms with E-state index in [-0.39, 0.29) is 28.6 Å². The third-order valence-electron chi connectivity index (χ3n) is 3.05. The Morgan fingerprint density at radius 1 is 1.05 bits per heavy atom. The average molecular weight is 356 g/mol. The summed E-state index contributed by atoms with van der Waals surface area (Å²) in [5, 5.41) is 0. The van der Waals surface area contributed by atoms with Gasteiger partial charge < -0.3 is 39.9 Å². The van der Waals surface area contributed by atoms with Crippen LogP contribution in [0.25, 0.3) is 0 Å². The van der Waals surface area contributed by atoms with Crippen LogP contribution in [0.5, 0.6) is 0 Å². The molecule has 22 heavy (non-hydrogen) atoms. The summed E-state index contributed by atoms with van der Waals surface area (Å²) in [4.78, 5) is 23.0. The first-order chi connectivity index (χ1) is 9.72. The van der Waals surface area contributed by atoms with E-state index in [1.807, 2.05) is 36.4 Å². The van der Waals surface area contributed by atoms with Gasteiger partial charge in [0, 0.05) is 25.1 Å². The number of carbonyl (C=O) groups excluding carboxylic acids is 2. The molecule has 0 N–H and O–H groups in total. The van der Waals surface area contributed by atoms with E-state index in [9.17, 15) is 9.59 Å². The van der Waals surface area contributed by atoms with E-state index in [2.05, 4.69) is 19.6 Å². The molecule has 0 bridgehead atoms. The summed E-state index contributed by atoms with van der Waals surface area (Å²) in [6.45, 7) is 9.83. The zero-order valence-electron chi connectivity index (χ0n) is 13.9. The first-order valence-corrected chi connectivity index (χ1v) is 10.9. The topological polar surface area (TPSA) is 34.1 Å². The van der Waals surface area contributed by atoms with Gasteiger partial charge in [-0.05, 0) is 13.8 Å². The predicted molar refractivity (Wildman–Crippen MR) is 91.1 cm³/mol. The Balaban J connectivity index is 0.000000622. The molecular weight excluding hydrogens is 332 g/mol. The minimum absolute atomic E-state index is 0. The molecule has 0 saturated carbocycles. The average Bonchev–Trinajstić information content (AvgIpc) is 2.97. The molecule has 4 heteroatoms. The van der Waals surface area contributed by atoms with E-state index in [4.69, 9.17) is 0 Å². The predicted octanol–water partition coefficient (Wildman–Crippen LogP) is 4.63. The van der Waals surface area contributed by atoms with Gasteiger partial charge in [0.05, 0.1) is 5.78 Å². The van der Waals surface area contributed by atoms with Gasteiger partial charge in [-0.3, -0.25) is 0 Å². The van der Waals surface area contributed by atoms with Crippen LogP contribution in [0.1, 0.15) is 40.1 Å². The first kappa shape index (κ1) is 20.8. The second-order valence-electron chi connectivity index (χ2n) is 6.46. The Morgan fingerprint density at radius 2 is 1.50 bits per heavy atom. The second-order valence-corrected chi connectivity index (χ2v) is 11.9. The van der Waals surface area contributed by atoms with E-state index in [1.54, 1.807) is 6.07 Å². The molecule has 0 fully saturated rings. The van der Waals surface area contributed by atoms with Crippen molar-refractivity contribution in [2.24, 2.45) is 0 Å². The standard InChI is InChI=1S/C13H19O2Si.C5H5.Fe/c1-9(14)12-7-6-11(8-16(3,4)5)13(12)10(2)15;1-2-4-5-3-1;/h6-7H,8H2,1-5H3;1-5H;/q-1;-5;. The van der Waals surface area contributed by atoms with Gasteiger partial charge in [-0.2, -0.15) is 11.6 Å². The molecule has 0 heterocycles. The summed E-state index contributed by atoms with van der Waals surface area (Å²) < 4.78 is 0. The van der Waals surface area contributed by atoms with Gasteiger partial charge >= 0.3 is 0 Å². The van der Waals surface area contributed by atoms with Crippen molar-refractivity contribution >= 4 is 19.6 Å². The minimum atomic E-state index is -1.26. The van der Waals surface area contributed by atoms with Crippen LogP contribution in [-0.2, 0) is 23.1 Å². The fourth-order valence-corrected chi connectivity index (χ4v) is 3.71. The SMILES string of the molecule is CC(=O)c1c(C[Si](C)(C)C)cc[c-]1C(C)=O.[Fe].[cH-]1[cH-][cH-][cH-][cH-]1. The first-order valence-electron chi connectivity index (χ1n) is 7.19. The molecule has 0 radical (unpaired) electrons. The minimum Gasteiger partial charge on any atom is -0.748 e. The molecule has 0 amide bonds. The van der Waals surface area contributed by atoms with E-state index in [1.165, 1.54) is 13.8 Å². The van der Waals surface area contributed by atoms with Gasteiger partial charge in [0.15, 0.2) is 0 Å². The maximum Gasteiger partial charge on any atom is 0.119 e. The van der Waals surface area contributed by atoms with Crippen LogP contribution >= 0.6 is 0 Å². The Hall–Kier alpha value is -1.22. The number of carbonyl (C=O) groups is 2. The van der Waals surface area contributed by atoms with Crippen molar-refractivity contribution in [2.45, 2.75) is 39.5 Å². The molecule has 0 aliphatic heterocycles. The zero-order chi connectivity index (χ0) is 16.0. The number of hydrogen-bond acceptors (Lipinski definition) is 2. The van der Waals surface area contributed by atoms with Gasteiger partial charge in [-0.15, -0.1) is 11.6 Å². The number of rotatable bonds is 4. The molecule has 0 aromatic heterocycles. The Morgan fingerprint density at radius 3 is 1.82 bits per heavy atom. The second kappa shape index (κ2) is 9.04. The van der Waals surface area contributed by atoms with Crippen molar-refractivity contribution in [3.8, 4) is 0 Å². The summed E-state index contributed by atoms with van der Waals surface area (Å²) in [6, 6.07) is 14.7. The molecule has 0 unspecified atom stereocenters. The Kier molecular flexibility index (Phi) is 8.53. The van der Waals surface area contributed by atoms with Crippen LogP contribution < -0.4 is 0 Å². The molecule has 2 rings (SSSR count). The van der Waals surface area contributed by atoms with Gasteiger partial charge in [-0.25, -0.2) is 0 Å². The van der Waals surface area contributed by atoms with E-state index < -0.39 is 8.07 Å².